The van der Waals surface area contributed by atoms with Crippen molar-refractivity contribution in [2.75, 3.05) is 26.9 Å². The number of hydrogen-bond acceptors (Lipinski definition) is 3. The molecule has 0 saturated carbocycles. The molecule has 0 bridgehead atoms. The molecule has 0 amide bonds. The molecule has 1 N–H and O–H groups in total. The van der Waals surface area contributed by atoms with Gasteiger partial charge in [0, 0.05) is 19.7 Å². The molecular formula is C14H22ClNO2. The molecule has 4 heteroatoms. The number of halogens is 1. The van der Waals surface area contributed by atoms with Gasteiger partial charge in [-0.3, -0.25) is 0 Å². The van der Waals surface area contributed by atoms with E-state index in [9.17, 15) is 0 Å². The van der Waals surface area contributed by atoms with Crippen molar-refractivity contribution in [1.82, 2.24) is 5.32 Å². The Morgan fingerprint density at radius 2 is 2.11 bits per heavy atom. The van der Waals surface area contributed by atoms with Crippen LogP contribution in [0, 0.1) is 0 Å². The van der Waals surface area contributed by atoms with Crippen molar-refractivity contribution in [3.8, 4) is 5.75 Å². The summed E-state index contributed by atoms with van der Waals surface area (Å²) in [7, 11) is 1.62. The molecule has 0 radical (unpaired) electrons. The third-order valence-corrected chi connectivity index (χ3v) is 2.91. The van der Waals surface area contributed by atoms with Crippen LogP contribution in [0.5, 0.6) is 5.75 Å². The summed E-state index contributed by atoms with van der Waals surface area (Å²) >= 11 is 6.05. The van der Waals surface area contributed by atoms with Crippen molar-refractivity contribution in [1.29, 1.82) is 0 Å². The maximum Gasteiger partial charge on any atom is 0.137 e. The Hall–Kier alpha value is -0.770. The lowest BCUT2D eigenvalue weighted by atomic mass is 10.2. The quantitative estimate of drug-likeness (QED) is 0.700. The summed E-state index contributed by atoms with van der Waals surface area (Å²) in [5.74, 6) is 0.711. The average molecular weight is 272 g/mol. The molecule has 3 nitrogen and oxygen atoms in total. The number of benzene rings is 1. The summed E-state index contributed by atoms with van der Waals surface area (Å²) in [6.07, 6.45) is 2.31. The predicted octanol–water partition coefficient (Wildman–Crippen LogP) is 3.25. The van der Waals surface area contributed by atoms with Crippen LogP contribution in [0.1, 0.15) is 25.3 Å². The zero-order valence-electron chi connectivity index (χ0n) is 11.2. The van der Waals surface area contributed by atoms with Crippen molar-refractivity contribution in [3.05, 3.63) is 28.8 Å². The molecule has 1 aromatic carbocycles. The number of methoxy groups -OCH3 is 1. The minimum Gasteiger partial charge on any atom is -0.495 e. The first kappa shape index (κ1) is 15.3. The number of ether oxygens (including phenoxy) is 2. The van der Waals surface area contributed by atoms with Gasteiger partial charge in [0.1, 0.15) is 5.75 Å². The van der Waals surface area contributed by atoms with Crippen LogP contribution in [0.3, 0.4) is 0 Å². The van der Waals surface area contributed by atoms with E-state index in [1.165, 1.54) is 6.42 Å². The number of hydrogen-bond donors (Lipinski definition) is 1. The van der Waals surface area contributed by atoms with Gasteiger partial charge in [0.2, 0.25) is 0 Å². The van der Waals surface area contributed by atoms with Gasteiger partial charge in [-0.25, -0.2) is 0 Å². The van der Waals surface area contributed by atoms with Crippen LogP contribution in [0.15, 0.2) is 18.2 Å². The Kier molecular flexibility index (Phi) is 7.81. The highest BCUT2D eigenvalue weighted by Gasteiger charge is 2.01. The molecule has 0 aliphatic heterocycles. The van der Waals surface area contributed by atoms with Gasteiger partial charge in [0.15, 0.2) is 0 Å². The highest BCUT2D eigenvalue weighted by Crippen LogP contribution is 2.24. The van der Waals surface area contributed by atoms with Gasteiger partial charge >= 0.3 is 0 Å². The van der Waals surface area contributed by atoms with Crippen molar-refractivity contribution >= 4 is 11.6 Å². The van der Waals surface area contributed by atoms with Gasteiger partial charge in [-0.05, 0) is 24.1 Å². The van der Waals surface area contributed by atoms with Gasteiger partial charge in [-0.1, -0.05) is 31.0 Å². The fourth-order valence-corrected chi connectivity index (χ4v) is 1.83. The third-order valence-electron chi connectivity index (χ3n) is 2.61. The summed E-state index contributed by atoms with van der Waals surface area (Å²) in [5.41, 5.74) is 1.15. The normalized spacial score (nSPS) is 10.6. The minimum atomic E-state index is 0.649. The lowest BCUT2D eigenvalue weighted by Crippen LogP contribution is -2.19. The van der Waals surface area contributed by atoms with Gasteiger partial charge in [-0.15, -0.1) is 0 Å². The molecule has 0 aromatic heterocycles. The van der Waals surface area contributed by atoms with E-state index in [1.807, 2.05) is 18.2 Å². The third kappa shape index (κ3) is 5.71. The topological polar surface area (TPSA) is 30.5 Å². The zero-order valence-corrected chi connectivity index (χ0v) is 11.9. The van der Waals surface area contributed by atoms with Crippen molar-refractivity contribution < 1.29 is 9.47 Å². The van der Waals surface area contributed by atoms with Gasteiger partial charge in [-0.2, -0.15) is 0 Å². The van der Waals surface area contributed by atoms with Crippen molar-refractivity contribution in [3.63, 3.8) is 0 Å². The summed E-state index contributed by atoms with van der Waals surface area (Å²) < 4.78 is 10.6. The largest absolute Gasteiger partial charge is 0.495 e. The SMILES string of the molecule is CCCCOCCNCc1ccc(OC)c(Cl)c1. The molecule has 1 aromatic rings. The van der Waals surface area contributed by atoms with E-state index in [1.54, 1.807) is 7.11 Å². The zero-order chi connectivity index (χ0) is 13.2. The van der Waals surface area contributed by atoms with Crippen LogP contribution in [0.25, 0.3) is 0 Å². The van der Waals surface area contributed by atoms with Gasteiger partial charge in [0.05, 0.1) is 18.7 Å². The number of nitrogens with one attached hydrogen (secondary N) is 1. The summed E-state index contributed by atoms with van der Waals surface area (Å²) in [5, 5.41) is 3.97. The monoisotopic (exact) mass is 271 g/mol. The predicted molar refractivity (Wildman–Crippen MR) is 75.4 cm³/mol. The van der Waals surface area contributed by atoms with E-state index in [2.05, 4.69) is 12.2 Å². The molecule has 0 saturated heterocycles. The van der Waals surface area contributed by atoms with Crippen molar-refractivity contribution in [2.24, 2.45) is 0 Å². The van der Waals surface area contributed by atoms with E-state index in [0.29, 0.717) is 10.8 Å². The Balaban J connectivity index is 2.17. The standard InChI is InChI=1S/C14H22ClNO2/c1-3-4-8-18-9-7-16-11-12-5-6-14(17-2)13(15)10-12/h5-6,10,16H,3-4,7-9,11H2,1-2H3. The summed E-state index contributed by atoms with van der Waals surface area (Å²) in [6.45, 7) is 5.42. The summed E-state index contributed by atoms with van der Waals surface area (Å²) in [6, 6.07) is 5.82. The maximum atomic E-state index is 6.05. The second-order valence-electron chi connectivity index (χ2n) is 4.11. The molecular weight excluding hydrogens is 250 g/mol. The highest BCUT2D eigenvalue weighted by molar-refractivity contribution is 6.32. The lowest BCUT2D eigenvalue weighted by molar-refractivity contribution is 0.133. The molecule has 0 unspecified atom stereocenters. The Bertz CT molecular complexity index is 345. The molecule has 1 rings (SSSR count). The highest BCUT2D eigenvalue weighted by atomic mass is 35.5. The summed E-state index contributed by atoms with van der Waals surface area (Å²) in [4.78, 5) is 0. The van der Waals surface area contributed by atoms with E-state index >= 15 is 0 Å². The smallest absolute Gasteiger partial charge is 0.137 e. The minimum absolute atomic E-state index is 0.649. The second kappa shape index (κ2) is 9.20. The van der Waals surface area contributed by atoms with Crippen LogP contribution >= 0.6 is 11.6 Å². The van der Waals surface area contributed by atoms with Crippen LogP contribution in [-0.2, 0) is 11.3 Å². The molecule has 18 heavy (non-hydrogen) atoms. The van der Waals surface area contributed by atoms with Gasteiger partial charge in [0.25, 0.3) is 0 Å². The molecule has 0 aliphatic carbocycles. The first-order valence-electron chi connectivity index (χ1n) is 6.38. The van der Waals surface area contributed by atoms with E-state index < -0.39 is 0 Å². The number of rotatable bonds is 9. The molecule has 0 atom stereocenters. The fraction of sp³-hybridized carbons (Fsp3) is 0.571. The number of unbranched alkanes of at least 4 members (excludes halogenated alkanes) is 1. The van der Waals surface area contributed by atoms with Gasteiger partial charge < -0.3 is 14.8 Å². The Labute approximate surface area is 114 Å². The Morgan fingerprint density at radius 1 is 1.28 bits per heavy atom. The molecule has 0 spiro atoms. The van der Waals surface area contributed by atoms with E-state index in [-0.39, 0.29) is 0 Å². The maximum absolute atomic E-state index is 6.05. The first-order chi connectivity index (χ1) is 8.77. The molecule has 0 aliphatic rings. The molecule has 0 heterocycles. The molecule has 0 fully saturated rings. The molecule has 102 valence electrons. The van der Waals surface area contributed by atoms with Crippen molar-refractivity contribution in [2.45, 2.75) is 26.3 Å². The van der Waals surface area contributed by atoms with Crippen LogP contribution in [0.2, 0.25) is 5.02 Å². The second-order valence-corrected chi connectivity index (χ2v) is 4.52. The Morgan fingerprint density at radius 3 is 2.78 bits per heavy atom. The van der Waals surface area contributed by atoms with Crippen LogP contribution < -0.4 is 10.1 Å². The first-order valence-corrected chi connectivity index (χ1v) is 6.76. The average Bonchev–Trinajstić information content (AvgIpc) is 2.38. The van der Waals surface area contributed by atoms with E-state index in [0.717, 1.165) is 38.3 Å². The lowest BCUT2D eigenvalue weighted by Gasteiger charge is -2.08. The van der Waals surface area contributed by atoms with Crippen LogP contribution in [-0.4, -0.2) is 26.9 Å². The van der Waals surface area contributed by atoms with E-state index in [4.69, 9.17) is 21.1 Å². The fourth-order valence-electron chi connectivity index (χ4n) is 1.55. The van der Waals surface area contributed by atoms with Crippen LogP contribution in [0.4, 0.5) is 0 Å².